The monoisotopic (exact) mass is 366 g/mol. The number of thioether (sulfide) groups is 2. The minimum absolute atomic E-state index is 0.593. The highest BCUT2D eigenvalue weighted by Crippen LogP contribution is 2.47. The van der Waals surface area contributed by atoms with Gasteiger partial charge in [-0.1, -0.05) is 0 Å². The van der Waals surface area contributed by atoms with Gasteiger partial charge in [-0.25, -0.2) is 0 Å². The molecule has 0 atom stereocenters. The molecule has 0 bridgehead atoms. The van der Waals surface area contributed by atoms with Gasteiger partial charge < -0.3 is 4.74 Å². The van der Waals surface area contributed by atoms with Crippen molar-refractivity contribution in [1.82, 2.24) is 0 Å². The topological polar surface area (TPSA) is 9.23 Å². The van der Waals surface area contributed by atoms with Crippen molar-refractivity contribution in [2.75, 3.05) is 18.6 Å². The number of benzene rings is 1. The van der Waals surface area contributed by atoms with Gasteiger partial charge in [-0.15, -0.1) is 23.5 Å². The summed E-state index contributed by atoms with van der Waals surface area (Å²) in [5.41, 5.74) is 2.77. The first-order valence-corrected chi connectivity index (χ1v) is 8.48. The quantitative estimate of drug-likeness (QED) is 0.715. The number of halogens is 1. The first-order chi connectivity index (χ1) is 7.74. The van der Waals surface area contributed by atoms with Gasteiger partial charge in [-0.05, 0) is 70.7 Å². The number of rotatable bonds is 2. The standard InChI is InChI=1S/C12H15IOS2/c1-8-10(14-2)5-4-9(13)11(8)12-15-6-3-7-16-12/h4-5,12H,3,6-7H2,1-2H3. The minimum Gasteiger partial charge on any atom is -0.496 e. The van der Waals surface area contributed by atoms with Gasteiger partial charge in [0.25, 0.3) is 0 Å². The van der Waals surface area contributed by atoms with Gasteiger partial charge in [-0.3, -0.25) is 0 Å². The first kappa shape index (κ1) is 12.9. The Labute approximate surface area is 119 Å². The summed E-state index contributed by atoms with van der Waals surface area (Å²) in [6.45, 7) is 2.17. The lowest BCUT2D eigenvalue weighted by molar-refractivity contribution is 0.411. The maximum atomic E-state index is 5.41. The average molecular weight is 366 g/mol. The Hall–Kier alpha value is 0.450. The van der Waals surface area contributed by atoms with E-state index in [0.29, 0.717) is 4.58 Å². The second kappa shape index (κ2) is 5.87. The van der Waals surface area contributed by atoms with Crippen LogP contribution in [0, 0.1) is 10.5 Å². The van der Waals surface area contributed by atoms with E-state index in [9.17, 15) is 0 Å². The van der Waals surface area contributed by atoms with E-state index in [4.69, 9.17) is 4.74 Å². The molecular weight excluding hydrogens is 351 g/mol. The zero-order valence-electron chi connectivity index (χ0n) is 9.46. The van der Waals surface area contributed by atoms with E-state index >= 15 is 0 Å². The molecule has 1 fully saturated rings. The fraction of sp³-hybridized carbons (Fsp3) is 0.500. The molecule has 0 aliphatic carbocycles. The lowest BCUT2D eigenvalue weighted by atomic mass is 10.1. The summed E-state index contributed by atoms with van der Waals surface area (Å²) in [6, 6.07) is 4.23. The summed E-state index contributed by atoms with van der Waals surface area (Å²) in [6.07, 6.45) is 1.34. The summed E-state index contributed by atoms with van der Waals surface area (Å²) in [4.78, 5) is 0. The maximum Gasteiger partial charge on any atom is 0.122 e. The Morgan fingerprint density at radius 3 is 2.62 bits per heavy atom. The van der Waals surface area contributed by atoms with Crippen molar-refractivity contribution in [3.63, 3.8) is 0 Å². The van der Waals surface area contributed by atoms with Crippen LogP contribution in [0.25, 0.3) is 0 Å². The molecule has 0 aromatic heterocycles. The van der Waals surface area contributed by atoms with Gasteiger partial charge in [0.1, 0.15) is 5.75 Å². The van der Waals surface area contributed by atoms with Crippen molar-refractivity contribution in [1.29, 1.82) is 0 Å². The Morgan fingerprint density at radius 2 is 2.00 bits per heavy atom. The lowest BCUT2D eigenvalue weighted by Crippen LogP contribution is -2.05. The van der Waals surface area contributed by atoms with Crippen LogP contribution < -0.4 is 4.74 Å². The van der Waals surface area contributed by atoms with Crippen LogP contribution in [-0.2, 0) is 0 Å². The van der Waals surface area contributed by atoms with Crippen molar-refractivity contribution >= 4 is 46.1 Å². The molecule has 0 unspecified atom stereocenters. The third-order valence-corrected chi connectivity index (χ3v) is 6.58. The van der Waals surface area contributed by atoms with Crippen LogP contribution in [0.2, 0.25) is 0 Å². The van der Waals surface area contributed by atoms with E-state index in [-0.39, 0.29) is 0 Å². The van der Waals surface area contributed by atoms with Crippen molar-refractivity contribution < 1.29 is 4.74 Å². The fourth-order valence-electron chi connectivity index (χ4n) is 1.84. The van der Waals surface area contributed by atoms with E-state index in [1.807, 2.05) is 0 Å². The van der Waals surface area contributed by atoms with Gasteiger partial charge in [0, 0.05) is 3.57 Å². The normalized spacial score (nSPS) is 17.4. The molecule has 1 nitrogen and oxygen atoms in total. The molecule has 0 radical (unpaired) electrons. The van der Waals surface area contributed by atoms with E-state index < -0.39 is 0 Å². The Morgan fingerprint density at radius 1 is 1.31 bits per heavy atom. The molecule has 88 valence electrons. The number of methoxy groups -OCH3 is 1. The summed E-state index contributed by atoms with van der Waals surface area (Å²) < 4.78 is 7.37. The van der Waals surface area contributed by atoms with Crippen molar-refractivity contribution in [2.24, 2.45) is 0 Å². The zero-order chi connectivity index (χ0) is 11.5. The van der Waals surface area contributed by atoms with E-state index in [1.165, 1.54) is 32.6 Å². The number of hydrogen-bond acceptors (Lipinski definition) is 3. The molecule has 1 aromatic rings. The highest BCUT2D eigenvalue weighted by Gasteiger charge is 2.22. The van der Waals surface area contributed by atoms with Crippen LogP contribution in [-0.4, -0.2) is 18.6 Å². The molecule has 1 aliphatic heterocycles. The van der Waals surface area contributed by atoms with Crippen LogP contribution >= 0.6 is 46.1 Å². The van der Waals surface area contributed by atoms with Crippen LogP contribution in [0.5, 0.6) is 5.75 Å². The van der Waals surface area contributed by atoms with Gasteiger partial charge in [-0.2, -0.15) is 0 Å². The predicted octanol–water partition coefficient (Wildman–Crippen LogP) is 4.48. The molecule has 0 saturated carbocycles. The van der Waals surface area contributed by atoms with Crippen molar-refractivity contribution in [3.8, 4) is 5.75 Å². The summed E-state index contributed by atoms with van der Waals surface area (Å²) in [5.74, 6) is 3.58. The smallest absolute Gasteiger partial charge is 0.122 e. The Balaban J connectivity index is 2.37. The molecule has 1 aromatic carbocycles. The maximum absolute atomic E-state index is 5.41. The summed E-state index contributed by atoms with van der Waals surface area (Å²) >= 11 is 6.57. The number of ether oxygens (including phenoxy) is 1. The molecule has 0 N–H and O–H groups in total. The molecule has 16 heavy (non-hydrogen) atoms. The average Bonchev–Trinajstić information content (AvgIpc) is 2.31. The predicted molar refractivity (Wildman–Crippen MR) is 82.7 cm³/mol. The van der Waals surface area contributed by atoms with Crippen molar-refractivity contribution in [3.05, 3.63) is 26.8 Å². The molecule has 1 heterocycles. The Bertz CT molecular complexity index is 376. The van der Waals surface area contributed by atoms with Crippen LogP contribution in [0.1, 0.15) is 22.1 Å². The van der Waals surface area contributed by atoms with E-state index in [1.54, 1.807) is 7.11 Å². The SMILES string of the molecule is COc1ccc(I)c(C2SCCCS2)c1C. The lowest BCUT2D eigenvalue weighted by Gasteiger charge is -2.24. The minimum atomic E-state index is 0.593. The van der Waals surface area contributed by atoms with Gasteiger partial charge in [0.05, 0.1) is 11.7 Å². The second-order valence-corrected chi connectivity index (χ2v) is 7.60. The van der Waals surface area contributed by atoms with Crippen LogP contribution in [0.4, 0.5) is 0 Å². The van der Waals surface area contributed by atoms with Crippen molar-refractivity contribution in [2.45, 2.75) is 17.9 Å². The number of hydrogen-bond donors (Lipinski definition) is 0. The summed E-state index contributed by atoms with van der Waals surface area (Å²) in [5, 5.41) is 0. The Kier molecular flexibility index (Phi) is 4.73. The molecule has 1 aliphatic rings. The second-order valence-electron chi connectivity index (χ2n) is 3.72. The molecule has 0 spiro atoms. The third-order valence-electron chi connectivity index (χ3n) is 2.69. The summed E-state index contributed by atoms with van der Waals surface area (Å²) in [7, 11) is 1.75. The molecule has 4 heteroatoms. The fourth-order valence-corrected chi connectivity index (χ4v) is 6.29. The van der Waals surface area contributed by atoms with Gasteiger partial charge in [0.2, 0.25) is 0 Å². The van der Waals surface area contributed by atoms with E-state index in [0.717, 1.165) is 5.75 Å². The van der Waals surface area contributed by atoms with Crippen LogP contribution in [0.3, 0.4) is 0 Å². The third kappa shape index (κ3) is 2.64. The first-order valence-electron chi connectivity index (χ1n) is 5.30. The largest absolute Gasteiger partial charge is 0.496 e. The highest BCUT2D eigenvalue weighted by molar-refractivity contribution is 14.1. The van der Waals surface area contributed by atoms with Crippen LogP contribution in [0.15, 0.2) is 12.1 Å². The molecule has 1 saturated heterocycles. The molecular formula is C12H15IOS2. The molecule has 2 rings (SSSR count). The van der Waals surface area contributed by atoms with E-state index in [2.05, 4.69) is 65.2 Å². The van der Waals surface area contributed by atoms with Gasteiger partial charge in [0.15, 0.2) is 0 Å². The van der Waals surface area contributed by atoms with Gasteiger partial charge >= 0.3 is 0 Å². The zero-order valence-corrected chi connectivity index (χ0v) is 13.2. The molecule has 0 amide bonds. The highest BCUT2D eigenvalue weighted by atomic mass is 127.